The van der Waals surface area contributed by atoms with Crippen molar-refractivity contribution in [2.75, 3.05) is 13.2 Å². The van der Waals surface area contributed by atoms with Crippen LogP contribution in [0.25, 0.3) is 10.8 Å². The maximum atomic E-state index is 9.32. The van der Waals surface area contributed by atoms with Crippen LogP contribution in [0.15, 0.2) is 36.4 Å². The Morgan fingerprint density at radius 1 is 1.21 bits per heavy atom. The summed E-state index contributed by atoms with van der Waals surface area (Å²) in [4.78, 5) is 0. The van der Waals surface area contributed by atoms with E-state index < -0.39 is 0 Å². The lowest BCUT2D eigenvalue weighted by molar-refractivity contribution is 0.191. The summed E-state index contributed by atoms with van der Waals surface area (Å²) in [5.41, 5.74) is 1.15. The zero-order valence-corrected chi connectivity index (χ0v) is 11.5. The minimum atomic E-state index is -0.342. The van der Waals surface area contributed by atoms with Gasteiger partial charge in [0.15, 0.2) is 0 Å². The molecule has 0 aliphatic rings. The summed E-state index contributed by atoms with van der Waals surface area (Å²) in [6.07, 6.45) is -0.342. The molecule has 0 unspecified atom stereocenters. The monoisotopic (exact) mass is 259 g/mol. The smallest absolute Gasteiger partial charge is 0.124 e. The van der Waals surface area contributed by atoms with Gasteiger partial charge in [-0.25, -0.2) is 0 Å². The van der Waals surface area contributed by atoms with Crippen LogP contribution in [0.4, 0.5) is 0 Å². The Kier molecular flexibility index (Phi) is 4.77. The van der Waals surface area contributed by atoms with Crippen LogP contribution in [0.5, 0.6) is 5.75 Å². The molecule has 0 spiro atoms. The van der Waals surface area contributed by atoms with Crippen molar-refractivity contribution in [2.24, 2.45) is 0 Å². The van der Waals surface area contributed by atoms with Crippen LogP contribution in [0.1, 0.15) is 19.4 Å². The lowest BCUT2D eigenvalue weighted by Gasteiger charge is -2.14. The SMILES string of the molecule is CCOc1ccc2ccccc2c1CNC[C@@H](C)O. The van der Waals surface area contributed by atoms with Gasteiger partial charge < -0.3 is 15.2 Å². The summed E-state index contributed by atoms with van der Waals surface area (Å²) in [6.45, 7) is 5.69. The summed E-state index contributed by atoms with van der Waals surface area (Å²) < 4.78 is 5.70. The third kappa shape index (κ3) is 3.46. The molecule has 0 aromatic heterocycles. The molecular weight excluding hydrogens is 238 g/mol. The largest absolute Gasteiger partial charge is 0.494 e. The first-order chi connectivity index (χ1) is 9.22. The number of rotatable bonds is 6. The van der Waals surface area contributed by atoms with E-state index in [0.717, 1.165) is 11.3 Å². The van der Waals surface area contributed by atoms with Gasteiger partial charge in [0.05, 0.1) is 12.7 Å². The van der Waals surface area contributed by atoms with E-state index in [1.807, 2.05) is 25.1 Å². The number of hydrogen-bond acceptors (Lipinski definition) is 3. The minimum Gasteiger partial charge on any atom is -0.494 e. The van der Waals surface area contributed by atoms with Gasteiger partial charge in [-0.05, 0) is 30.7 Å². The molecule has 0 fully saturated rings. The number of aliphatic hydroxyl groups excluding tert-OH is 1. The van der Waals surface area contributed by atoms with Crippen molar-refractivity contribution in [1.29, 1.82) is 0 Å². The number of aliphatic hydroxyl groups is 1. The highest BCUT2D eigenvalue weighted by Gasteiger charge is 2.08. The summed E-state index contributed by atoms with van der Waals surface area (Å²) >= 11 is 0. The fourth-order valence-corrected chi connectivity index (χ4v) is 2.20. The number of fused-ring (bicyclic) bond motifs is 1. The standard InChI is InChI=1S/C16H21NO2/c1-3-19-16-9-8-13-6-4-5-7-14(13)15(16)11-17-10-12(2)18/h4-9,12,17-18H,3,10-11H2,1-2H3/t12-/m1/s1. The van der Waals surface area contributed by atoms with Crippen molar-refractivity contribution >= 4 is 10.8 Å². The third-order valence-electron chi connectivity index (χ3n) is 3.04. The molecule has 0 bridgehead atoms. The molecule has 0 aliphatic heterocycles. The van der Waals surface area contributed by atoms with Gasteiger partial charge in [0.1, 0.15) is 5.75 Å². The second kappa shape index (κ2) is 6.55. The zero-order valence-electron chi connectivity index (χ0n) is 11.5. The van der Waals surface area contributed by atoms with E-state index >= 15 is 0 Å². The Hall–Kier alpha value is -1.58. The molecule has 0 saturated heterocycles. The molecule has 2 aromatic rings. The zero-order chi connectivity index (χ0) is 13.7. The molecule has 3 heteroatoms. The van der Waals surface area contributed by atoms with Crippen molar-refractivity contribution < 1.29 is 9.84 Å². The van der Waals surface area contributed by atoms with Crippen LogP contribution in [0, 0.1) is 0 Å². The molecule has 0 saturated carbocycles. The predicted molar refractivity (Wildman–Crippen MR) is 78.5 cm³/mol. The highest BCUT2D eigenvalue weighted by Crippen LogP contribution is 2.28. The van der Waals surface area contributed by atoms with E-state index in [-0.39, 0.29) is 6.10 Å². The van der Waals surface area contributed by atoms with E-state index in [9.17, 15) is 5.11 Å². The van der Waals surface area contributed by atoms with Gasteiger partial charge in [-0.15, -0.1) is 0 Å². The molecule has 0 aliphatic carbocycles. The van der Waals surface area contributed by atoms with E-state index in [4.69, 9.17) is 4.74 Å². The van der Waals surface area contributed by atoms with E-state index in [1.54, 1.807) is 6.92 Å². The van der Waals surface area contributed by atoms with Gasteiger partial charge in [0.2, 0.25) is 0 Å². The van der Waals surface area contributed by atoms with E-state index in [1.165, 1.54) is 10.8 Å². The summed E-state index contributed by atoms with van der Waals surface area (Å²) in [6, 6.07) is 12.4. The summed E-state index contributed by atoms with van der Waals surface area (Å²) in [5, 5.41) is 15.0. The molecular formula is C16H21NO2. The predicted octanol–water partition coefficient (Wildman–Crippen LogP) is 2.71. The minimum absolute atomic E-state index is 0.342. The quantitative estimate of drug-likeness (QED) is 0.838. The van der Waals surface area contributed by atoms with Crippen LogP contribution in [0.2, 0.25) is 0 Å². The lowest BCUT2D eigenvalue weighted by Crippen LogP contribution is -2.24. The Labute approximate surface area is 114 Å². The molecule has 19 heavy (non-hydrogen) atoms. The highest BCUT2D eigenvalue weighted by atomic mass is 16.5. The number of benzene rings is 2. The maximum absolute atomic E-state index is 9.32. The van der Waals surface area contributed by atoms with Gasteiger partial charge in [0, 0.05) is 18.7 Å². The Morgan fingerprint density at radius 3 is 2.74 bits per heavy atom. The van der Waals surface area contributed by atoms with Gasteiger partial charge in [-0.3, -0.25) is 0 Å². The fourth-order valence-electron chi connectivity index (χ4n) is 2.20. The van der Waals surface area contributed by atoms with E-state index in [2.05, 4.69) is 23.5 Å². The molecule has 0 amide bonds. The first-order valence-corrected chi connectivity index (χ1v) is 6.74. The first kappa shape index (κ1) is 13.8. The van der Waals surface area contributed by atoms with Crippen LogP contribution >= 0.6 is 0 Å². The van der Waals surface area contributed by atoms with Crippen LogP contribution in [-0.2, 0) is 6.54 Å². The van der Waals surface area contributed by atoms with Gasteiger partial charge >= 0.3 is 0 Å². The van der Waals surface area contributed by atoms with Crippen molar-refractivity contribution in [3.63, 3.8) is 0 Å². The van der Waals surface area contributed by atoms with Gasteiger partial charge in [-0.2, -0.15) is 0 Å². The van der Waals surface area contributed by atoms with E-state index in [0.29, 0.717) is 19.7 Å². The number of nitrogens with one attached hydrogen (secondary N) is 1. The first-order valence-electron chi connectivity index (χ1n) is 6.74. The number of ether oxygens (including phenoxy) is 1. The van der Waals surface area contributed by atoms with Gasteiger partial charge in [-0.1, -0.05) is 30.3 Å². The average molecular weight is 259 g/mol. The average Bonchev–Trinajstić information content (AvgIpc) is 2.40. The molecule has 2 N–H and O–H groups in total. The third-order valence-corrected chi connectivity index (χ3v) is 3.04. The fraction of sp³-hybridized carbons (Fsp3) is 0.375. The Bertz CT molecular complexity index is 537. The molecule has 0 heterocycles. The second-order valence-electron chi connectivity index (χ2n) is 4.68. The van der Waals surface area contributed by atoms with Crippen molar-refractivity contribution in [1.82, 2.24) is 5.32 Å². The summed E-state index contributed by atoms with van der Waals surface area (Å²) in [5.74, 6) is 0.916. The Morgan fingerprint density at radius 2 is 2.00 bits per heavy atom. The highest BCUT2D eigenvalue weighted by molar-refractivity contribution is 5.87. The number of hydrogen-bond donors (Lipinski definition) is 2. The van der Waals surface area contributed by atoms with Crippen molar-refractivity contribution in [2.45, 2.75) is 26.5 Å². The topological polar surface area (TPSA) is 41.5 Å². The molecule has 1 atom stereocenters. The van der Waals surface area contributed by atoms with Crippen LogP contribution in [-0.4, -0.2) is 24.4 Å². The van der Waals surface area contributed by atoms with Crippen LogP contribution in [0.3, 0.4) is 0 Å². The molecule has 0 radical (unpaired) electrons. The lowest BCUT2D eigenvalue weighted by atomic mass is 10.0. The Balaban J connectivity index is 2.32. The van der Waals surface area contributed by atoms with Crippen LogP contribution < -0.4 is 10.1 Å². The normalized spacial score (nSPS) is 12.6. The molecule has 2 aromatic carbocycles. The van der Waals surface area contributed by atoms with Crippen molar-refractivity contribution in [3.05, 3.63) is 42.0 Å². The molecule has 2 rings (SSSR count). The van der Waals surface area contributed by atoms with Gasteiger partial charge in [0.25, 0.3) is 0 Å². The molecule has 3 nitrogen and oxygen atoms in total. The second-order valence-corrected chi connectivity index (χ2v) is 4.68. The summed E-state index contributed by atoms with van der Waals surface area (Å²) in [7, 11) is 0. The maximum Gasteiger partial charge on any atom is 0.124 e. The molecule has 102 valence electrons. The van der Waals surface area contributed by atoms with Crippen molar-refractivity contribution in [3.8, 4) is 5.75 Å².